The van der Waals surface area contributed by atoms with E-state index in [2.05, 4.69) is 19.7 Å². The van der Waals surface area contributed by atoms with Crippen LogP contribution in [-0.4, -0.2) is 33.0 Å². The van der Waals surface area contributed by atoms with Gasteiger partial charge >= 0.3 is 11.7 Å². The summed E-state index contributed by atoms with van der Waals surface area (Å²) < 4.78 is 10.3. The van der Waals surface area contributed by atoms with E-state index in [0.717, 1.165) is 11.3 Å². The highest BCUT2D eigenvalue weighted by atomic mass is 32.1. The molecular weight excluding hydrogens is 412 g/mol. The maximum Gasteiger partial charge on any atom is 0.337 e. The molecule has 0 spiro atoms. The average Bonchev–Trinajstić information content (AvgIpc) is 3.19. The summed E-state index contributed by atoms with van der Waals surface area (Å²) in [5, 5.41) is 12.0. The van der Waals surface area contributed by atoms with Crippen molar-refractivity contribution in [2.45, 2.75) is 0 Å². The molecule has 4 rings (SSSR count). The molecular formula is C19H12N4O6S. The van der Waals surface area contributed by atoms with Gasteiger partial charge in [-0.05, 0) is 36.4 Å². The summed E-state index contributed by atoms with van der Waals surface area (Å²) in [7, 11) is 1.27. The molecule has 1 N–H and O–H groups in total. The Morgan fingerprint density at radius 2 is 1.97 bits per heavy atom. The van der Waals surface area contributed by atoms with Crippen molar-refractivity contribution in [3.63, 3.8) is 0 Å². The van der Waals surface area contributed by atoms with Crippen LogP contribution >= 0.6 is 11.3 Å². The fraction of sp³-hybridized carbons (Fsp3) is 0.0526. The molecule has 2 aromatic heterocycles. The van der Waals surface area contributed by atoms with Crippen molar-refractivity contribution >= 4 is 33.3 Å². The first-order valence-corrected chi connectivity index (χ1v) is 9.27. The maximum absolute atomic E-state index is 11.8. The Balaban J connectivity index is 1.68. The van der Waals surface area contributed by atoms with Crippen LogP contribution in [0, 0.1) is 10.1 Å². The van der Waals surface area contributed by atoms with Gasteiger partial charge in [-0.25, -0.2) is 14.8 Å². The van der Waals surface area contributed by atoms with Crippen molar-refractivity contribution in [1.29, 1.82) is 0 Å². The Morgan fingerprint density at radius 1 is 1.20 bits per heavy atom. The van der Waals surface area contributed by atoms with Gasteiger partial charge in [0.15, 0.2) is 10.3 Å². The van der Waals surface area contributed by atoms with Crippen LogP contribution in [0.5, 0.6) is 11.5 Å². The number of thiazole rings is 1. The monoisotopic (exact) mass is 424 g/mol. The van der Waals surface area contributed by atoms with E-state index in [4.69, 9.17) is 4.74 Å². The Labute approximate surface area is 171 Å². The Morgan fingerprint density at radius 3 is 2.63 bits per heavy atom. The van der Waals surface area contributed by atoms with Gasteiger partial charge in [-0.3, -0.25) is 14.9 Å². The minimum absolute atomic E-state index is 0.0200. The van der Waals surface area contributed by atoms with E-state index in [1.165, 1.54) is 49.8 Å². The van der Waals surface area contributed by atoms with Crippen LogP contribution < -0.4 is 10.3 Å². The van der Waals surface area contributed by atoms with Crippen LogP contribution in [0.3, 0.4) is 0 Å². The van der Waals surface area contributed by atoms with E-state index < -0.39 is 10.9 Å². The predicted octanol–water partition coefficient (Wildman–Crippen LogP) is 3.53. The van der Waals surface area contributed by atoms with Gasteiger partial charge in [0.2, 0.25) is 5.75 Å². The van der Waals surface area contributed by atoms with Crippen molar-refractivity contribution in [3.8, 4) is 22.1 Å². The Kier molecular flexibility index (Phi) is 4.94. The first-order chi connectivity index (χ1) is 14.5. The largest absolute Gasteiger partial charge is 0.465 e. The third-order valence-electron chi connectivity index (χ3n) is 4.11. The zero-order valence-electron chi connectivity index (χ0n) is 15.3. The third kappa shape index (κ3) is 3.61. The second-order valence-corrected chi connectivity index (χ2v) is 6.94. The zero-order valence-corrected chi connectivity index (χ0v) is 16.1. The molecule has 11 heteroatoms. The summed E-state index contributed by atoms with van der Waals surface area (Å²) in [6.07, 6.45) is 1.28. The number of nitrogens with one attached hydrogen (secondary N) is 1. The number of nitrogens with zero attached hydrogens (tertiary/aromatic N) is 3. The highest BCUT2D eigenvalue weighted by Crippen LogP contribution is 2.37. The van der Waals surface area contributed by atoms with E-state index in [1.807, 2.05) is 0 Å². The molecule has 0 fully saturated rings. The molecule has 0 saturated carbocycles. The van der Waals surface area contributed by atoms with Crippen molar-refractivity contribution in [2.24, 2.45) is 0 Å². The van der Waals surface area contributed by atoms with Crippen molar-refractivity contribution in [3.05, 3.63) is 74.8 Å². The molecule has 0 aliphatic rings. The zero-order chi connectivity index (χ0) is 21.3. The molecule has 0 atom stereocenters. The maximum atomic E-state index is 11.8. The number of carbonyl (C=O) groups is 1. The van der Waals surface area contributed by atoms with Gasteiger partial charge in [0.25, 0.3) is 5.56 Å². The molecule has 30 heavy (non-hydrogen) atoms. The second kappa shape index (κ2) is 7.72. The second-order valence-electron chi connectivity index (χ2n) is 5.96. The number of hydrogen-bond donors (Lipinski definition) is 1. The molecule has 10 nitrogen and oxygen atoms in total. The number of rotatable bonds is 5. The van der Waals surface area contributed by atoms with Gasteiger partial charge < -0.3 is 14.5 Å². The summed E-state index contributed by atoms with van der Waals surface area (Å²) in [5.41, 5.74) is 0.302. The smallest absolute Gasteiger partial charge is 0.337 e. The normalized spacial score (nSPS) is 10.7. The van der Waals surface area contributed by atoms with Crippen LogP contribution in [0.25, 0.3) is 20.9 Å². The average molecular weight is 424 g/mol. The van der Waals surface area contributed by atoms with E-state index in [9.17, 15) is 19.7 Å². The van der Waals surface area contributed by atoms with Gasteiger partial charge in [0.05, 0.1) is 23.9 Å². The van der Waals surface area contributed by atoms with Gasteiger partial charge in [0, 0.05) is 11.6 Å². The van der Waals surface area contributed by atoms with Crippen LogP contribution in [0.4, 0.5) is 5.69 Å². The molecule has 0 aliphatic carbocycles. The number of ether oxygens (including phenoxy) is 2. The number of benzene rings is 2. The van der Waals surface area contributed by atoms with E-state index in [0.29, 0.717) is 26.7 Å². The fourth-order valence-electron chi connectivity index (χ4n) is 2.67. The number of hydrogen-bond acceptors (Lipinski definition) is 9. The number of H-pyrrole nitrogens is 1. The summed E-state index contributed by atoms with van der Waals surface area (Å²) in [5.74, 6) is -0.165. The minimum Gasteiger partial charge on any atom is -0.465 e. The summed E-state index contributed by atoms with van der Waals surface area (Å²) >= 11 is 1.15. The van der Waals surface area contributed by atoms with E-state index in [-0.39, 0.29) is 22.5 Å². The molecule has 150 valence electrons. The number of nitro benzene ring substituents is 1. The lowest BCUT2D eigenvalue weighted by Gasteiger charge is -2.08. The molecule has 2 aromatic carbocycles. The standard InChI is InChI=1S/C19H12N4O6S/c1-28-19(25)10-2-5-12(6-3-10)29-14-7-4-11(8-13(14)23(26)27)17-22-15-16(24)20-9-21-18(15)30-17/h2-9H,1H3,(H,20,21,24). The number of aromatic nitrogens is 3. The molecule has 0 unspecified atom stereocenters. The summed E-state index contributed by atoms with van der Waals surface area (Å²) in [6.45, 7) is 0. The molecule has 0 radical (unpaired) electrons. The lowest BCUT2D eigenvalue weighted by molar-refractivity contribution is -0.385. The van der Waals surface area contributed by atoms with E-state index in [1.54, 1.807) is 6.07 Å². The van der Waals surface area contributed by atoms with Crippen molar-refractivity contribution in [1.82, 2.24) is 15.0 Å². The van der Waals surface area contributed by atoms with Gasteiger partial charge in [-0.1, -0.05) is 11.3 Å². The minimum atomic E-state index is -0.569. The summed E-state index contributed by atoms with van der Waals surface area (Å²) in [6, 6.07) is 10.4. The lowest BCUT2D eigenvalue weighted by Crippen LogP contribution is -2.05. The van der Waals surface area contributed by atoms with Gasteiger partial charge in [-0.2, -0.15) is 0 Å². The van der Waals surface area contributed by atoms with Crippen LogP contribution in [0.2, 0.25) is 0 Å². The first-order valence-electron chi connectivity index (χ1n) is 8.45. The number of esters is 1. The molecule has 4 aromatic rings. The molecule has 0 aliphatic heterocycles. The highest BCUT2D eigenvalue weighted by Gasteiger charge is 2.20. The number of nitro groups is 1. The number of carbonyl (C=O) groups excluding carboxylic acids is 1. The van der Waals surface area contributed by atoms with Crippen LogP contribution in [0.15, 0.2) is 53.6 Å². The molecule has 0 amide bonds. The molecule has 0 bridgehead atoms. The van der Waals surface area contributed by atoms with Crippen molar-refractivity contribution < 1.29 is 19.2 Å². The topological polar surface area (TPSA) is 137 Å². The van der Waals surface area contributed by atoms with Gasteiger partial charge in [0.1, 0.15) is 10.8 Å². The first kappa shape index (κ1) is 19.2. The lowest BCUT2D eigenvalue weighted by atomic mass is 10.2. The van der Waals surface area contributed by atoms with Crippen LogP contribution in [0.1, 0.15) is 10.4 Å². The Hall–Kier alpha value is -4.12. The molecule has 0 saturated heterocycles. The number of aromatic amines is 1. The van der Waals surface area contributed by atoms with E-state index >= 15 is 0 Å². The number of methoxy groups -OCH3 is 1. The fourth-order valence-corrected chi connectivity index (χ4v) is 3.58. The van der Waals surface area contributed by atoms with Crippen LogP contribution in [-0.2, 0) is 4.74 Å². The highest BCUT2D eigenvalue weighted by molar-refractivity contribution is 7.21. The number of fused-ring (bicyclic) bond motifs is 1. The third-order valence-corrected chi connectivity index (χ3v) is 5.12. The Bertz CT molecular complexity index is 1330. The molecule has 2 heterocycles. The van der Waals surface area contributed by atoms with Crippen molar-refractivity contribution in [2.75, 3.05) is 7.11 Å². The predicted molar refractivity (Wildman–Crippen MR) is 108 cm³/mol. The summed E-state index contributed by atoms with van der Waals surface area (Å²) in [4.78, 5) is 45.5. The van der Waals surface area contributed by atoms with Gasteiger partial charge in [-0.15, -0.1) is 0 Å². The SMILES string of the molecule is COC(=O)c1ccc(Oc2ccc(-c3nc4c(=O)[nH]cnc4s3)cc2[N+](=O)[O-])cc1. The quantitative estimate of drug-likeness (QED) is 0.292.